The first kappa shape index (κ1) is 35.0. The van der Waals surface area contributed by atoms with E-state index in [1.165, 1.54) is 0 Å². The number of aromatic nitrogens is 1. The van der Waals surface area contributed by atoms with E-state index in [0.717, 1.165) is 24.2 Å². The molecule has 0 unspecified atom stereocenters. The van der Waals surface area contributed by atoms with Crippen molar-refractivity contribution in [1.82, 2.24) is 9.47 Å². The van der Waals surface area contributed by atoms with Crippen LogP contribution in [0.4, 0.5) is 5.69 Å². The van der Waals surface area contributed by atoms with Crippen molar-refractivity contribution in [2.45, 2.75) is 33.1 Å². The molecule has 3 heterocycles. The third-order valence-electron chi connectivity index (χ3n) is 6.57. The number of benzene rings is 1. The number of carboxylic acid groups (broad SMARTS) is 1. The number of thiazole rings is 1. The molecule has 1 aromatic heterocycles. The topological polar surface area (TPSA) is 206 Å². The van der Waals surface area contributed by atoms with E-state index in [9.17, 15) is 40.3 Å². The van der Waals surface area contributed by atoms with E-state index >= 15 is 0 Å². The van der Waals surface area contributed by atoms with Gasteiger partial charge in [0, 0.05) is 0 Å². The molecule has 242 valence electrons. The molecule has 45 heavy (non-hydrogen) atoms. The molecule has 14 nitrogen and oxygen atoms in total. The van der Waals surface area contributed by atoms with Crippen LogP contribution in [0.25, 0.3) is 11.3 Å². The molecular weight excluding hydrogens is 786 g/mol. The number of aliphatic carboxylic acids is 1. The Morgan fingerprint density at radius 1 is 1.11 bits per heavy atom. The Hall–Kier alpha value is -2.89. The molecule has 0 radical (unpaired) electrons. The second kappa shape index (κ2) is 13.5. The van der Waals surface area contributed by atoms with Crippen LogP contribution in [0.15, 0.2) is 38.9 Å². The van der Waals surface area contributed by atoms with Crippen LogP contribution in [-0.2, 0) is 40.4 Å². The van der Waals surface area contributed by atoms with Crippen LogP contribution < -0.4 is 23.3 Å². The summed E-state index contributed by atoms with van der Waals surface area (Å²) in [5.74, 6) is -4.78. The number of carbonyl (C=O) groups is 2. The average Bonchev–Trinajstić information content (AvgIpc) is 3.49. The van der Waals surface area contributed by atoms with Crippen molar-refractivity contribution in [2.24, 2.45) is 0 Å². The van der Waals surface area contributed by atoms with Gasteiger partial charge in [0.1, 0.15) is 0 Å². The van der Waals surface area contributed by atoms with Crippen LogP contribution in [0.3, 0.4) is 0 Å². The minimum absolute atomic E-state index is 0.00951. The van der Waals surface area contributed by atoms with Crippen LogP contribution in [0, 0.1) is 13.8 Å². The summed E-state index contributed by atoms with van der Waals surface area (Å²) in [6.07, 6.45) is 5.19. The summed E-state index contributed by atoms with van der Waals surface area (Å²) in [7, 11) is -9.39. The Morgan fingerprint density at radius 3 is 2.40 bits per heavy atom. The first-order chi connectivity index (χ1) is 20.9. The van der Waals surface area contributed by atoms with Crippen LogP contribution >= 0.6 is 23.6 Å². The van der Waals surface area contributed by atoms with Crippen LogP contribution in [0.5, 0.6) is 0 Å². The average molecular weight is 811 g/mol. The maximum absolute atomic E-state index is 13.3. The van der Waals surface area contributed by atoms with Gasteiger partial charge in [0.15, 0.2) is 0 Å². The molecule has 1 fully saturated rings. The van der Waals surface area contributed by atoms with Crippen molar-refractivity contribution in [3.63, 3.8) is 0 Å². The number of carboxylic acids is 1. The number of allylic oxidation sites excluding steroid dienone is 3. The summed E-state index contributed by atoms with van der Waals surface area (Å²) in [6, 6.07) is 4.12. The fraction of sp³-hybridized carbons (Fsp3) is 0.308. The second-order valence-electron chi connectivity index (χ2n) is 9.96. The molecule has 2 aromatic rings. The summed E-state index contributed by atoms with van der Waals surface area (Å²) in [5, 5.41) is 8.57. The van der Waals surface area contributed by atoms with E-state index in [-0.39, 0.29) is 15.6 Å². The molecule has 1 aromatic carbocycles. The number of carbonyl (C=O) groups excluding carboxylic acids is 1. The SMILES string of the molecule is CC(C=CC=C1[Te]c2cc(C)c(C)cc2N1CCCS(=O)(=O)[O-])=c1s/c(=C2/OC(=S)N(CC(=O)O)C2=O)n(CS(=O)(=O)[O-])c1=O. The third kappa shape index (κ3) is 8.29. The standard InChI is InChI=1S/C26H27N3O11S4Te/c1-14(6-4-7-19-27(8-5-9-43(34,35)36)17-10-15(2)16(3)11-18(17)45-19)22-24(33)29(13-44(37,38)39)25(42-22)21-23(32)28(12-20(30)31)26(41)40-21/h4,6-7,10-11H,5,8-9,12-13H2,1-3H3,(H,30,31)(H,34,35,36)(H,37,38,39)/p-2/b6-4?,19-7?,22-14?,25-21+. The molecule has 0 bridgehead atoms. The van der Waals surface area contributed by atoms with Crippen molar-refractivity contribution < 1.29 is 45.4 Å². The number of nitrogens with zero attached hydrogens (tertiary/aromatic N) is 3. The molecule has 4 rings (SSSR count). The summed E-state index contributed by atoms with van der Waals surface area (Å²) in [4.78, 5) is 39.9. The van der Waals surface area contributed by atoms with E-state index < -0.39 is 87.7 Å². The Morgan fingerprint density at radius 2 is 1.78 bits per heavy atom. The number of hydrogen-bond acceptors (Lipinski definition) is 13. The Balaban J connectivity index is 1.77. The molecule has 2 aliphatic rings. The van der Waals surface area contributed by atoms with Gasteiger partial charge in [-0.05, 0) is 0 Å². The van der Waals surface area contributed by atoms with Crippen LogP contribution in [0.1, 0.15) is 24.5 Å². The van der Waals surface area contributed by atoms with Gasteiger partial charge in [-0.2, -0.15) is 0 Å². The molecule has 1 amide bonds. The van der Waals surface area contributed by atoms with Gasteiger partial charge in [-0.25, -0.2) is 0 Å². The third-order valence-corrected chi connectivity index (χ3v) is 12.7. The first-order valence-corrected chi connectivity index (χ1v) is 19.6. The van der Waals surface area contributed by atoms with Gasteiger partial charge in [-0.15, -0.1) is 0 Å². The molecule has 0 spiro atoms. The van der Waals surface area contributed by atoms with E-state index in [1.54, 1.807) is 19.1 Å². The van der Waals surface area contributed by atoms with E-state index in [1.807, 2.05) is 30.9 Å². The van der Waals surface area contributed by atoms with Crippen molar-refractivity contribution in [2.75, 3.05) is 23.7 Å². The molecule has 0 atom stereocenters. The summed E-state index contributed by atoms with van der Waals surface area (Å²) < 4.78 is 76.0. The molecular formula is C26H25N3O11S4Te-2. The predicted octanol–water partition coefficient (Wildman–Crippen LogP) is -1.28. The van der Waals surface area contributed by atoms with Gasteiger partial charge >= 0.3 is 269 Å². The van der Waals surface area contributed by atoms with E-state index in [2.05, 4.69) is 6.07 Å². The quantitative estimate of drug-likeness (QED) is 0.169. The summed E-state index contributed by atoms with van der Waals surface area (Å²) >= 11 is 4.71. The van der Waals surface area contributed by atoms with Crippen LogP contribution in [0.2, 0.25) is 0 Å². The molecule has 1 N–H and O–H groups in total. The number of anilines is 1. The molecule has 0 aliphatic carbocycles. The fourth-order valence-corrected chi connectivity index (χ4v) is 10.2. The monoisotopic (exact) mass is 813 g/mol. The fourth-order valence-electron chi connectivity index (χ4n) is 4.36. The van der Waals surface area contributed by atoms with Crippen molar-refractivity contribution in [3.05, 3.63) is 64.8 Å². The minimum atomic E-state index is -5.01. The number of ether oxygens (including phenoxy) is 1. The number of amides is 1. The van der Waals surface area contributed by atoms with E-state index in [0.29, 0.717) is 32.9 Å². The number of hydrogen-bond donors (Lipinski definition) is 1. The van der Waals surface area contributed by atoms with Crippen LogP contribution in [-0.4, -0.2) is 97.3 Å². The van der Waals surface area contributed by atoms with Crippen molar-refractivity contribution >= 4 is 102 Å². The molecule has 0 saturated carbocycles. The number of aryl methyl sites for hydroxylation is 2. The second-order valence-corrected chi connectivity index (χ2v) is 17.2. The Bertz CT molecular complexity index is 2080. The van der Waals surface area contributed by atoms with E-state index in [4.69, 9.17) is 22.1 Å². The number of fused-ring (bicyclic) bond motifs is 1. The van der Waals surface area contributed by atoms with Gasteiger partial charge in [0.05, 0.1) is 0 Å². The first-order valence-electron chi connectivity index (χ1n) is 12.9. The van der Waals surface area contributed by atoms with Gasteiger partial charge in [-0.1, -0.05) is 0 Å². The summed E-state index contributed by atoms with van der Waals surface area (Å²) in [5.41, 5.74) is 2.59. The van der Waals surface area contributed by atoms with Crippen molar-refractivity contribution in [3.8, 4) is 0 Å². The normalized spacial score (nSPS) is 18.3. The van der Waals surface area contributed by atoms with Gasteiger partial charge in [0.25, 0.3) is 0 Å². The zero-order valence-corrected chi connectivity index (χ0v) is 29.4. The van der Waals surface area contributed by atoms with Crippen molar-refractivity contribution in [1.29, 1.82) is 0 Å². The molecule has 1 saturated heterocycles. The Kier molecular flexibility index (Phi) is 10.5. The molecule has 19 heteroatoms. The summed E-state index contributed by atoms with van der Waals surface area (Å²) in [6.45, 7) is 5.00. The number of rotatable bonds is 10. The maximum atomic E-state index is 13.3. The van der Waals surface area contributed by atoms with Gasteiger partial charge in [0.2, 0.25) is 0 Å². The Labute approximate surface area is 277 Å². The molecule has 2 aliphatic heterocycles. The van der Waals surface area contributed by atoms with Gasteiger partial charge in [-0.3, -0.25) is 4.79 Å². The zero-order chi connectivity index (χ0) is 33.4. The number of thiocarbonyl (C=S) groups is 1. The zero-order valence-electron chi connectivity index (χ0n) is 23.8. The van der Waals surface area contributed by atoms with Gasteiger partial charge < -0.3 is 5.11 Å². The predicted molar refractivity (Wildman–Crippen MR) is 168 cm³/mol.